The number of aromatic amines is 1. The first kappa shape index (κ1) is 18.9. The summed E-state index contributed by atoms with van der Waals surface area (Å²) in [7, 11) is -1.35. The van der Waals surface area contributed by atoms with E-state index in [-0.39, 0.29) is 23.5 Å². The third-order valence-corrected chi connectivity index (χ3v) is 7.22. The van der Waals surface area contributed by atoms with Gasteiger partial charge in [-0.25, -0.2) is 13.4 Å². The Morgan fingerprint density at radius 2 is 2.04 bits per heavy atom. The predicted octanol–water partition coefficient (Wildman–Crippen LogP) is 1.91. The summed E-state index contributed by atoms with van der Waals surface area (Å²) in [6.07, 6.45) is 0.500. The van der Waals surface area contributed by atoms with Gasteiger partial charge in [-0.3, -0.25) is 9.89 Å². The smallest absolute Gasteiger partial charge is 0.235 e. The number of benzene rings is 1. The van der Waals surface area contributed by atoms with Gasteiger partial charge in [0.2, 0.25) is 11.1 Å². The van der Waals surface area contributed by atoms with Crippen molar-refractivity contribution in [3.05, 3.63) is 29.8 Å². The fourth-order valence-corrected chi connectivity index (χ4v) is 5.50. The number of carbonyl (C=O) groups is 1. The number of hydrogen-bond acceptors (Lipinski definition) is 6. The van der Waals surface area contributed by atoms with Crippen LogP contribution in [0.4, 0.5) is 0 Å². The van der Waals surface area contributed by atoms with Crippen LogP contribution in [0.1, 0.15) is 18.9 Å². The van der Waals surface area contributed by atoms with E-state index in [1.54, 1.807) is 18.9 Å². The fourth-order valence-electron chi connectivity index (χ4n) is 2.90. The minimum absolute atomic E-state index is 0.0465. The number of sulfone groups is 1. The summed E-state index contributed by atoms with van der Waals surface area (Å²) in [5.74, 6) is 0.740. The molecule has 2 aromatic rings. The summed E-state index contributed by atoms with van der Waals surface area (Å²) in [6.45, 7) is 3.81. The lowest BCUT2D eigenvalue weighted by molar-refractivity contribution is -0.130. The molecule has 1 aliphatic heterocycles. The van der Waals surface area contributed by atoms with Gasteiger partial charge in [0.15, 0.2) is 15.7 Å². The van der Waals surface area contributed by atoms with E-state index in [4.69, 9.17) is 0 Å². The van der Waals surface area contributed by atoms with Gasteiger partial charge in [0.25, 0.3) is 0 Å². The van der Waals surface area contributed by atoms with E-state index in [2.05, 4.69) is 15.2 Å². The topological polar surface area (TPSA) is 96.0 Å². The molecule has 1 aromatic carbocycles. The van der Waals surface area contributed by atoms with Crippen molar-refractivity contribution in [2.75, 3.05) is 18.6 Å². The van der Waals surface area contributed by atoms with Crippen LogP contribution < -0.4 is 0 Å². The molecular formula is C17H22N4O3S2. The van der Waals surface area contributed by atoms with Gasteiger partial charge in [0.05, 0.1) is 16.8 Å². The molecule has 1 amide bonds. The maximum atomic E-state index is 12.6. The summed E-state index contributed by atoms with van der Waals surface area (Å²) in [5, 5.41) is 7.17. The lowest BCUT2D eigenvalue weighted by atomic mass is 10.1. The van der Waals surface area contributed by atoms with Gasteiger partial charge in [-0.15, -0.1) is 5.10 Å². The van der Waals surface area contributed by atoms with Crippen LogP contribution in [0.15, 0.2) is 29.4 Å². The van der Waals surface area contributed by atoms with E-state index < -0.39 is 15.1 Å². The molecule has 0 spiro atoms. The zero-order valence-electron chi connectivity index (χ0n) is 15.0. The van der Waals surface area contributed by atoms with E-state index in [0.29, 0.717) is 17.4 Å². The second-order valence-corrected chi connectivity index (χ2v) is 10.1. The number of nitrogens with zero attached hydrogens (tertiary/aromatic N) is 3. The van der Waals surface area contributed by atoms with Crippen molar-refractivity contribution in [1.82, 2.24) is 20.1 Å². The number of aromatic nitrogens is 3. The van der Waals surface area contributed by atoms with Crippen LogP contribution in [-0.4, -0.2) is 64.3 Å². The number of amides is 1. The molecule has 0 saturated carbocycles. The summed E-state index contributed by atoms with van der Waals surface area (Å²) in [5.41, 5.74) is 2.10. The predicted molar refractivity (Wildman–Crippen MR) is 102 cm³/mol. The third-order valence-electron chi connectivity index (χ3n) is 4.52. The van der Waals surface area contributed by atoms with Gasteiger partial charge in [-0.1, -0.05) is 41.6 Å². The zero-order chi connectivity index (χ0) is 18.9. The normalized spacial score (nSPS) is 20.0. The van der Waals surface area contributed by atoms with Crippen molar-refractivity contribution in [2.24, 2.45) is 0 Å². The molecule has 9 heteroatoms. The molecule has 0 unspecified atom stereocenters. The maximum absolute atomic E-state index is 12.6. The van der Waals surface area contributed by atoms with Crippen molar-refractivity contribution < 1.29 is 13.2 Å². The second-order valence-electron chi connectivity index (χ2n) is 6.60. The van der Waals surface area contributed by atoms with Gasteiger partial charge in [0, 0.05) is 18.7 Å². The molecule has 1 aromatic heterocycles. The number of aryl methyl sites for hydroxylation is 1. The van der Waals surface area contributed by atoms with Gasteiger partial charge >= 0.3 is 0 Å². The molecule has 2 heterocycles. The van der Waals surface area contributed by atoms with Crippen molar-refractivity contribution in [1.29, 1.82) is 0 Å². The van der Waals surface area contributed by atoms with E-state index in [9.17, 15) is 13.2 Å². The molecule has 26 heavy (non-hydrogen) atoms. The Hall–Kier alpha value is -1.87. The minimum Gasteiger partial charge on any atom is -0.341 e. The molecule has 1 aliphatic rings. The lowest BCUT2D eigenvalue weighted by Crippen LogP contribution is -2.41. The van der Waals surface area contributed by atoms with Crippen LogP contribution in [0, 0.1) is 6.92 Å². The average Bonchev–Trinajstić information content (AvgIpc) is 3.20. The summed E-state index contributed by atoms with van der Waals surface area (Å²) in [4.78, 5) is 18.6. The first-order chi connectivity index (χ1) is 12.2. The first-order valence-corrected chi connectivity index (χ1v) is 11.1. The molecular weight excluding hydrogens is 372 g/mol. The molecule has 1 N–H and O–H groups in total. The van der Waals surface area contributed by atoms with Gasteiger partial charge in [0.1, 0.15) is 0 Å². The van der Waals surface area contributed by atoms with Gasteiger partial charge in [-0.05, 0) is 20.3 Å². The van der Waals surface area contributed by atoms with Crippen LogP contribution >= 0.6 is 11.8 Å². The van der Waals surface area contributed by atoms with Crippen molar-refractivity contribution in [3.63, 3.8) is 0 Å². The lowest BCUT2D eigenvalue weighted by Gasteiger charge is -2.25. The first-order valence-electron chi connectivity index (χ1n) is 8.38. The fraction of sp³-hybridized carbons (Fsp3) is 0.471. The van der Waals surface area contributed by atoms with Crippen molar-refractivity contribution in [3.8, 4) is 11.4 Å². The Balaban J connectivity index is 1.63. The van der Waals surface area contributed by atoms with Crippen LogP contribution in [-0.2, 0) is 14.6 Å². The number of hydrogen-bond donors (Lipinski definition) is 1. The Kier molecular flexibility index (Phi) is 5.38. The number of rotatable bonds is 5. The highest BCUT2D eigenvalue weighted by Crippen LogP contribution is 2.25. The number of thioether (sulfide) groups is 1. The molecule has 2 atom stereocenters. The van der Waals surface area contributed by atoms with Crippen LogP contribution in [0.25, 0.3) is 11.4 Å². The van der Waals surface area contributed by atoms with Crippen molar-refractivity contribution >= 4 is 27.5 Å². The Bertz CT molecular complexity index is 893. The molecule has 1 saturated heterocycles. The Morgan fingerprint density at radius 1 is 1.35 bits per heavy atom. The number of nitrogens with one attached hydrogen (secondary N) is 1. The minimum atomic E-state index is -3.02. The highest BCUT2D eigenvalue weighted by molar-refractivity contribution is 8.00. The molecule has 140 valence electrons. The molecule has 0 aliphatic carbocycles. The third kappa shape index (κ3) is 4.27. The van der Waals surface area contributed by atoms with E-state index in [1.807, 2.05) is 31.2 Å². The molecule has 1 fully saturated rings. The molecule has 3 rings (SSSR count). The SMILES string of the molecule is Cc1ccc(-c2nc(S[C@H](C)C(=O)N(C)[C@H]3CCS(=O)(=O)C3)n[nH]2)cc1. The monoisotopic (exact) mass is 394 g/mol. The largest absolute Gasteiger partial charge is 0.341 e. The number of H-pyrrole nitrogens is 1. The second kappa shape index (κ2) is 7.40. The molecule has 0 radical (unpaired) electrons. The van der Waals surface area contributed by atoms with Gasteiger partial charge < -0.3 is 4.90 Å². The summed E-state index contributed by atoms with van der Waals surface area (Å²) in [6, 6.07) is 7.69. The Labute approximate surface area is 157 Å². The quantitative estimate of drug-likeness (QED) is 0.778. The van der Waals surface area contributed by atoms with E-state index >= 15 is 0 Å². The highest BCUT2D eigenvalue weighted by Gasteiger charge is 2.34. The number of carbonyl (C=O) groups excluding carboxylic acids is 1. The average molecular weight is 395 g/mol. The van der Waals surface area contributed by atoms with Crippen LogP contribution in [0.3, 0.4) is 0 Å². The molecule has 0 bridgehead atoms. The van der Waals surface area contributed by atoms with E-state index in [0.717, 1.165) is 5.56 Å². The van der Waals surface area contributed by atoms with Crippen LogP contribution in [0.5, 0.6) is 0 Å². The standard InChI is InChI=1S/C17H22N4O3S2/c1-11-4-6-13(7-5-11)15-18-17(20-19-15)25-12(2)16(22)21(3)14-8-9-26(23,24)10-14/h4-7,12,14H,8-10H2,1-3H3,(H,18,19,20)/t12-,14+/m1/s1. The van der Waals surface area contributed by atoms with E-state index in [1.165, 1.54) is 17.3 Å². The zero-order valence-corrected chi connectivity index (χ0v) is 16.6. The summed E-state index contributed by atoms with van der Waals surface area (Å²) >= 11 is 1.26. The summed E-state index contributed by atoms with van der Waals surface area (Å²) < 4.78 is 23.2. The van der Waals surface area contributed by atoms with Gasteiger partial charge in [-0.2, -0.15) is 0 Å². The van der Waals surface area contributed by atoms with Crippen molar-refractivity contribution in [2.45, 2.75) is 36.7 Å². The maximum Gasteiger partial charge on any atom is 0.235 e. The van der Waals surface area contributed by atoms with Crippen LogP contribution in [0.2, 0.25) is 0 Å². The highest BCUT2D eigenvalue weighted by atomic mass is 32.2. The Morgan fingerprint density at radius 3 is 2.65 bits per heavy atom. The molecule has 7 nitrogen and oxygen atoms in total.